The van der Waals surface area contributed by atoms with Crippen molar-refractivity contribution in [3.8, 4) is 0 Å². The van der Waals surface area contributed by atoms with E-state index < -0.39 is 6.17 Å². The third kappa shape index (κ3) is 2.14. The summed E-state index contributed by atoms with van der Waals surface area (Å²) in [6.07, 6.45) is -0.276. The molecular formula is C11H12F2N2S. The topological polar surface area (TPSA) is 38.0 Å². The highest BCUT2D eigenvalue weighted by atomic mass is 32.1. The predicted octanol–water partition coefficient (Wildman–Crippen LogP) is 2.50. The summed E-state index contributed by atoms with van der Waals surface area (Å²) in [5.74, 6) is -0.341. The number of hydrogen-bond acceptors (Lipinski definition) is 2. The number of halogens is 2. The number of benzene rings is 1. The highest BCUT2D eigenvalue weighted by molar-refractivity contribution is 7.80. The molecule has 3 N–H and O–H groups in total. The summed E-state index contributed by atoms with van der Waals surface area (Å²) in [5.41, 5.74) is 6.54. The maximum Gasteiger partial charge on any atom is 0.150 e. The lowest BCUT2D eigenvalue weighted by Gasteiger charge is -2.28. The first-order valence-electron chi connectivity index (χ1n) is 5.07. The number of piperidine rings is 1. The number of nitrogen functional groups attached to an aromatic ring is 1. The van der Waals surface area contributed by atoms with Crippen molar-refractivity contribution >= 4 is 22.9 Å². The quantitative estimate of drug-likeness (QED) is 0.587. The molecule has 16 heavy (non-hydrogen) atoms. The molecule has 1 heterocycles. The van der Waals surface area contributed by atoms with Gasteiger partial charge in [-0.3, -0.25) is 0 Å². The molecule has 0 bridgehead atoms. The zero-order valence-electron chi connectivity index (χ0n) is 8.54. The Balaban J connectivity index is 2.24. The van der Waals surface area contributed by atoms with E-state index in [1.165, 1.54) is 12.1 Å². The van der Waals surface area contributed by atoms with Crippen LogP contribution in [0, 0.1) is 5.82 Å². The average Bonchev–Trinajstić information content (AvgIpc) is 2.26. The minimum absolute atomic E-state index is 0.151. The molecule has 1 fully saturated rings. The SMILES string of the molecule is Nc1ccc(F)c(C2CCC(F)C(=S)N2)c1. The van der Waals surface area contributed by atoms with Gasteiger partial charge in [0.15, 0.2) is 0 Å². The third-order valence-electron chi connectivity index (χ3n) is 2.71. The van der Waals surface area contributed by atoms with Gasteiger partial charge >= 0.3 is 0 Å². The maximum atomic E-state index is 13.5. The number of rotatable bonds is 1. The highest BCUT2D eigenvalue weighted by Crippen LogP contribution is 2.28. The number of hydrogen-bond donors (Lipinski definition) is 2. The summed E-state index contributed by atoms with van der Waals surface area (Å²) in [7, 11) is 0. The van der Waals surface area contributed by atoms with E-state index in [4.69, 9.17) is 18.0 Å². The minimum Gasteiger partial charge on any atom is -0.399 e. The summed E-state index contributed by atoms with van der Waals surface area (Å²) < 4.78 is 26.7. The highest BCUT2D eigenvalue weighted by Gasteiger charge is 2.27. The van der Waals surface area contributed by atoms with Gasteiger partial charge in [0.25, 0.3) is 0 Å². The van der Waals surface area contributed by atoms with Crippen molar-refractivity contribution in [2.75, 3.05) is 5.73 Å². The van der Waals surface area contributed by atoms with E-state index in [9.17, 15) is 8.78 Å². The van der Waals surface area contributed by atoms with E-state index in [0.29, 0.717) is 24.1 Å². The van der Waals surface area contributed by atoms with Crippen molar-refractivity contribution in [3.05, 3.63) is 29.6 Å². The Morgan fingerprint density at radius 2 is 2.12 bits per heavy atom. The van der Waals surface area contributed by atoms with Crippen LogP contribution in [-0.2, 0) is 0 Å². The molecule has 1 aromatic rings. The first-order chi connectivity index (χ1) is 7.58. The number of thiocarbonyl (C=S) groups is 1. The molecule has 0 amide bonds. The molecule has 0 aliphatic carbocycles. The fourth-order valence-electron chi connectivity index (χ4n) is 1.84. The lowest BCUT2D eigenvalue weighted by atomic mass is 9.96. The Labute approximate surface area is 97.8 Å². The number of nitrogens with one attached hydrogen (secondary N) is 1. The van der Waals surface area contributed by atoms with Gasteiger partial charge in [0.1, 0.15) is 17.0 Å². The molecule has 1 saturated heterocycles. The Kier molecular flexibility index (Phi) is 3.05. The fourth-order valence-corrected chi connectivity index (χ4v) is 2.10. The summed E-state index contributed by atoms with van der Waals surface area (Å²) >= 11 is 4.84. The van der Waals surface area contributed by atoms with Gasteiger partial charge in [-0.1, -0.05) is 12.2 Å². The molecule has 1 aliphatic heterocycles. The van der Waals surface area contributed by atoms with E-state index in [2.05, 4.69) is 5.32 Å². The Morgan fingerprint density at radius 1 is 1.38 bits per heavy atom. The molecule has 86 valence electrons. The molecule has 0 radical (unpaired) electrons. The van der Waals surface area contributed by atoms with Gasteiger partial charge < -0.3 is 11.1 Å². The Hall–Kier alpha value is -1.23. The second kappa shape index (κ2) is 4.33. The zero-order valence-corrected chi connectivity index (χ0v) is 9.36. The van der Waals surface area contributed by atoms with Gasteiger partial charge in [-0.15, -0.1) is 0 Å². The van der Waals surface area contributed by atoms with Gasteiger partial charge in [0.05, 0.1) is 6.04 Å². The largest absolute Gasteiger partial charge is 0.399 e. The second-order valence-electron chi connectivity index (χ2n) is 3.89. The Morgan fingerprint density at radius 3 is 2.81 bits per heavy atom. The molecule has 5 heteroatoms. The van der Waals surface area contributed by atoms with Crippen molar-refractivity contribution in [1.82, 2.24) is 5.32 Å². The second-order valence-corrected chi connectivity index (χ2v) is 4.33. The van der Waals surface area contributed by atoms with E-state index in [0.717, 1.165) is 0 Å². The van der Waals surface area contributed by atoms with Crippen molar-refractivity contribution in [1.29, 1.82) is 0 Å². The zero-order chi connectivity index (χ0) is 11.7. The summed E-state index contributed by atoms with van der Waals surface area (Å²) in [6, 6.07) is 4.10. The summed E-state index contributed by atoms with van der Waals surface area (Å²) in [4.78, 5) is 0.151. The summed E-state index contributed by atoms with van der Waals surface area (Å²) in [5, 5.41) is 2.81. The fraction of sp³-hybridized carbons (Fsp3) is 0.364. The van der Waals surface area contributed by atoms with E-state index in [1.54, 1.807) is 6.07 Å². The van der Waals surface area contributed by atoms with Crippen LogP contribution in [0.5, 0.6) is 0 Å². The van der Waals surface area contributed by atoms with E-state index in [1.807, 2.05) is 0 Å². The van der Waals surface area contributed by atoms with Gasteiger partial charge in [-0.2, -0.15) is 0 Å². The van der Waals surface area contributed by atoms with Crippen LogP contribution < -0.4 is 11.1 Å². The molecule has 0 saturated carbocycles. The molecule has 2 unspecified atom stereocenters. The molecule has 2 rings (SSSR count). The van der Waals surface area contributed by atoms with Crippen LogP contribution in [0.25, 0.3) is 0 Å². The Bertz CT molecular complexity index is 422. The van der Waals surface area contributed by atoms with Gasteiger partial charge in [-0.25, -0.2) is 8.78 Å². The number of nitrogens with two attached hydrogens (primary N) is 1. The van der Waals surface area contributed by atoms with Gasteiger partial charge in [0.2, 0.25) is 0 Å². The van der Waals surface area contributed by atoms with Crippen molar-refractivity contribution in [3.63, 3.8) is 0 Å². The molecule has 1 aliphatic rings. The van der Waals surface area contributed by atoms with Crippen LogP contribution in [-0.4, -0.2) is 11.2 Å². The monoisotopic (exact) mass is 242 g/mol. The first-order valence-corrected chi connectivity index (χ1v) is 5.48. The van der Waals surface area contributed by atoms with E-state index >= 15 is 0 Å². The van der Waals surface area contributed by atoms with Crippen LogP contribution in [0.15, 0.2) is 18.2 Å². The van der Waals surface area contributed by atoms with Crippen LogP contribution in [0.2, 0.25) is 0 Å². The smallest absolute Gasteiger partial charge is 0.150 e. The van der Waals surface area contributed by atoms with Crippen LogP contribution in [0.3, 0.4) is 0 Å². The van der Waals surface area contributed by atoms with Gasteiger partial charge in [0, 0.05) is 11.3 Å². The number of anilines is 1. The minimum atomic E-state index is -1.12. The summed E-state index contributed by atoms with van der Waals surface area (Å²) in [6.45, 7) is 0. The first kappa shape index (κ1) is 11.3. The molecule has 1 aromatic carbocycles. The predicted molar refractivity (Wildman–Crippen MR) is 63.4 cm³/mol. The van der Waals surface area contributed by atoms with Gasteiger partial charge in [-0.05, 0) is 31.0 Å². The molecule has 0 spiro atoms. The normalized spacial score (nSPS) is 25.2. The van der Waals surface area contributed by atoms with E-state index in [-0.39, 0.29) is 16.8 Å². The molecule has 0 aromatic heterocycles. The van der Waals surface area contributed by atoms with Crippen LogP contribution in [0.1, 0.15) is 24.4 Å². The van der Waals surface area contributed by atoms with Crippen molar-refractivity contribution in [2.45, 2.75) is 25.1 Å². The molecule has 2 atom stereocenters. The molecular weight excluding hydrogens is 230 g/mol. The van der Waals surface area contributed by atoms with Crippen molar-refractivity contribution < 1.29 is 8.78 Å². The maximum absolute atomic E-state index is 13.5. The number of alkyl halides is 1. The van der Waals surface area contributed by atoms with Crippen molar-refractivity contribution in [2.24, 2.45) is 0 Å². The molecule has 2 nitrogen and oxygen atoms in total. The third-order valence-corrected chi connectivity index (χ3v) is 3.08. The average molecular weight is 242 g/mol. The van der Waals surface area contributed by atoms with Crippen LogP contribution in [0.4, 0.5) is 14.5 Å². The van der Waals surface area contributed by atoms with Crippen LogP contribution >= 0.6 is 12.2 Å². The lowest BCUT2D eigenvalue weighted by molar-refractivity contribution is 0.339. The standard InChI is InChI=1S/C11H12F2N2S/c12-8-2-1-6(14)5-7(8)10-4-3-9(13)11(16)15-10/h1-2,5,9-10H,3-4,14H2,(H,15,16). The lowest BCUT2D eigenvalue weighted by Crippen LogP contribution is -2.39.